The smallest absolute Gasteiger partial charge is 0.235 e. The zero-order valence-electron chi connectivity index (χ0n) is 18.0. The fraction of sp³-hybridized carbons (Fsp3) is 0.542. The van der Waals surface area contributed by atoms with Crippen molar-refractivity contribution in [2.24, 2.45) is 5.92 Å². The lowest BCUT2D eigenvalue weighted by Crippen LogP contribution is -2.46. The molecule has 2 heterocycles. The van der Waals surface area contributed by atoms with Crippen molar-refractivity contribution in [2.45, 2.75) is 57.0 Å². The molecule has 6 nitrogen and oxygen atoms in total. The number of nitrogens with one attached hydrogen (secondary N) is 2. The van der Waals surface area contributed by atoms with Crippen LogP contribution in [0.15, 0.2) is 41.9 Å². The Balaban J connectivity index is 1.26. The number of thiazole rings is 1. The monoisotopic (exact) mass is 440 g/mol. The Hall–Kier alpha value is -2.25. The number of aromatic nitrogens is 1. The van der Waals surface area contributed by atoms with Gasteiger partial charge in [-0.1, -0.05) is 49.6 Å². The molecule has 2 amide bonds. The van der Waals surface area contributed by atoms with Crippen LogP contribution in [0.5, 0.6) is 0 Å². The lowest BCUT2D eigenvalue weighted by Gasteiger charge is -2.32. The number of carbonyl (C=O) groups excluding carboxylic acids is 2. The molecule has 1 aromatic carbocycles. The minimum absolute atomic E-state index is 0.00541. The molecule has 1 saturated heterocycles. The topological polar surface area (TPSA) is 74.3 Å². The lowest BCUT2D eigenvalue weighted by atomic mass is 9.92. The van der Waals surface area contributed by atoms with Crippen LogP contribution >= 0.6 is 11.3 Å². The summed E-state index contributed by atoms with van der Waals surface area (Å²) in [6, 6.07) is 10.1. The fourth-order valence-electron chi connectivity index (χ4n) is 4.64. The van der Waals surface area contributed by atoms with E-state index in [-0.39, 0.29) is 23.8 Å². The van der Waals surface area contributed by atoms with E-state index in [1.165, 1.54) is 19.3 Å². The molecule has 1 aliphatic carbocycles. The Morgan fingerprint density at radius 2 is 1.81 bits per heavy atom. The Bertz CT molecular complexity index is 829. The molecule has 1 aliphatic heterocycles. The molecule has 2 aromatic rings. The highest BCUT2D eigenvalue weighted by atomic mass is 32.1. The molecule has 0 radical (unpaired) electrons. The second-order valence-corrected chi connectivity index (χ2v) is 9.60. The first kappa shape index (κ1) is 22.0. The molecule has 166 valence electrons. The molecule has 7 heteroatoms. The van der Waals surface area contributed by atoms with Crippen LogP contribution in [0.25, 0.3) is 0 Å². The van der Waals surface area contributed by atoms with Gasteiger partial charge in [-0.3, -0.25) is 14.5 Å². The Morgan fingerprint density at radius 3 is 2.48 bits per heavy atom. The zero-order chi connectivity index (χ0) is 21.5. The molecule has 1 atom stereocenters. The van der Waals surface area contributed by atoms with Gasteiger partial charge in [0.25, 0.3) is 0 Å². The van der Waals surface area contributed by atoms with Crippen molar-refractivity contribution in [3.05, 3.63) is 52.5 Å². The van der Waals surface area contributed by atoms with Crippen molar-refractivity contribution in [1.82, 2.24) is 20.5 Å². The number of carbonyl (C=O) groups is 2. The van der Waals surface area contributed by atoms with Crippen molar-refractivity contribution in [1.29, 1.82) is 0 Å². The van der Waals surface area contributed by atoms with Crippen LogP contribution in [-0.4, -0.2) is 47.4 Å². The molecule has 0 bridgehead atoms. The minimum Gasteiger partial charge on any atom is -0.353 e. The number of amides is 2. The second kappa shape index (κ2) is 10.9. The maximum absolute atomic E-state index is 12.8. The molecule has 1 aromatic heterocycles. The number of piperidine rings is 1. The summed E-state index contributed by atoms with van der Waals surface area (Å²) in [7, 11) is 0. The van der Waals surface area contributed by atoms with E-state index >= 15 is 0 Å². The molecule has 1 saturated carbocycles. The predicted octanol–water partition coefficient (Wildman–Crippen LogP) is 3.51. The summed E-state index contributed by atoms with van der Waals surface area (Å²) in [5.74, 6) is 0.284. The lowest BCUT2D eigenvalue weighted by molar-refractivity contribution is -0.127. The SMILES string of the molecule is O=C(CN1CCC(C(=O)NC2CCCCC2)CC1)NC(c1ccccc1)c1nccs1. The Labute approximate surface area is 188 Å². The average molecular weight is 441 g/mol. The second-order valence-electron chi connectivity index (χ2n) is 8.68. The van der Waals surface area contributed by atoms with E-state index in [9.17, 15) is 9.59 Å². The maximum Gasteiger partial charge on any atom is 0.235 e. The summed E-state index contributed by atoms with van der Waals surface area (Å²) in [5.41, 5.74) is 1.03. The van der Waals surface area contributed by atoms with Crippen molar-refractivity contribution >= 4 is 23.2 Å². The van der Waals surface area contributed by atoms with E-state index < -0.39 is 0 Å². The molecule has 2 fully saturated rings. The summed E-state index contributed by atoms with van der Waals surface area (Å²) in [6.45, 7) is 1.92. The number of likely N-dealkylation sites (tertiary alicyclic amines) is 1. The summed E-state index contributed by atoms with van der Waals surface area (Å²) in [6.07, 6.45) is 9.39. The Morgan fingerprint density at radius 1 is 1.06 bits per heavy atom. The van der Waals surface area contributed by atoms with E-state index in [1.807, 2.05) is 35.7 Å². The standard InChI is InChI=1S/C24H32N4O2S/c29-21(27-22(24-25-13-16-31-24)18-7-3-1-4-8-18)17-28-14-11-19(12-15-28)23(30)26-20-9-5-2-6-10-20/h1,3-4,7-8,13,16,19-20,22H,2,5-6,9-12,14-15,17H2,(H,26,30)(H,27,29). The van der Waals surface area contributed by atoms with Gasteiger partial charge >= 0.3 is 0 Å². The largest absolute Gasteiger partial charge is 0.353 e. The molecule has 2 aliphatic rings. The quantitative estimate of drug-likeness (QED) is 0.691. The van der Waals surface area contributed by atoms with Crippen molar-refractivity contribution in [3.8, 4) is 0 Å². The normalized spacial score (nSPS) is 19.6. The highest BCUT2D eigenvalue weighted by molar-refractivity contribution is 7.09. The summed E-state index contributed by atoms with van der Waals surface area (Å²) < 4.78 is 0. The Kier molecular flexibility index (Phi) is 7.70. The van der Waals surface area contributed by atoms with Crippen molar-refractivity contribution in [3.63, 3.8) is 0 Å². The van der Waals surface area contributed by atoms with Gasteiger partial charge in [-0.2, -0.15) is 0 Å². The number of hydrogen-bond donors (Lipinski definition) is 2. The number of benzene rings is 1. The molecular formula is C24H32N4O2S. The number of hydrogen-bond acceptors (Lipinski definition) is 5. The van der Waals surface area contributed by atoms with Crippen LogP contribution < -0.4 is 10.6 Å². The third kappa shape index (κ3) is 6.14. The summed E-state index contributed by atoms with van der Waals surface area (Å²) in [4.78, 5) is 32.0. The zero-order valence-corrected chi connectivity index (χ0v) is 18.8. The van der Waals surface area contributed by atoms with Gasteiger partial charge in [0.2, 0.25) is 11.8 Å². The van der Waals surface area contributed by atoms with Gasteiger partial charge < -0.3 is 10.6 Å². The third-order valence-corrected chi connectivity index (χ3v) is 7.25. The molecule has 4 rings (SSSR count). The minimum atomic E-state index is -0.229. The third-order valence-electron chi connectivity index (χ3n) is 6.41. The van der Waals surface area contributed by atoms with E-state index in [0.717, 1.165) is 49.3 Å². The van der Waals surface area contributed by atoms with Crippen LogP contribution in [0.2, 0.25) is 0 Å². The van der Waals surface area contributed by atoms with E-state index in [2.05, 4.69) is 20.5 Å². The predicted molar refractivity (Wildman–Crippen MR) is 123 cm³/mol. The van der Waals surface area contributed by atoms with Crippen molar-refractivity contribution in [2.75, 3.05) is 19.6 Å². The fourth-order valence-corrected chi connectivity index (χ4v) is 5.35. The first-order valence-corrected chi connectivity index (χ1v) is 12.3. The van der Waals surface area contributed by atoms with E-state index in [0.29, 0.717) is 12.6 Å². The first-order valence-electron chi connectivity index (χ1n) is 11.5. The highest BCUT2D eigenvalue weighted by Crippen LogP contribution is 2.24. The first-order chi connectivity index (χ1) is 15.2. The molecule has 2 N–H and O–H groups in total. The number of rotatable bonds is 7. The average Bonchev–Trinajstić information content (AvgIpc) is 3.34. The molecule has 0 spiro atoms. The summed E-state index contributed by atoms with van der Waals surface area (Å²) in [5, 5.41) is 9.24. The van der Waals surface area contributed by atoms with E-state index in [4.69, 9.17) is 0 Å². The van der Waals surface area contributed by atoms with Gasteiger partial charge in [-0.05, 0) is 44.3 Å². The van der Waals surface area contributed by atoms with Crippen molar-refractivity contribution < 1.29 is 9.59 Å². The maximum atomic E-state index is 12.8. The van der Waals surface area contributed by atoms with Gasteiger partial charge in [-0.15, -0.1) is 11.3 Å². The van der Waals surface area contributed by atoms with Gasteiger partial charge in [-0.25, -0.2) is 4.98 Å². The highest BCUT2D eigenvalue weighted by Gasteiger charge is 2.28. The van der Waals surface area contributed by atoms with Crippen LogP contribution in [0.4, 0.5) is 0 Å². The summed E-state index contributed by atoms with van der Waals surface area (Å²) >= 11 is 1.55. The van der Waals surface area contributed by atoms with Gasteiger partial charge in [0.15, 0.2) is 0 Å². The van der Waals surface area contributed by atoms with Gasteiger partial charge in [0.05, 0.1) is 6.54 Å². The number of nitrogens with zero attached hydrogens (tertiary/aromatic N) is 2. The molecule has 31 heavy (non-hydrogen) atoms. The van der Waals surface area contributed by atoms with Crippen LogP contribution in [0.3, 0.4) is 0 Å². The van der Waals surface area contributed by atoms with E-state index in [1.54, 1.807) is 17.5 Å². The van der Waals surface area contributed by atoms with Gasteiger partial charge in [0, 0.05) is 23.5 Å². The molecule has 1 unspecified atom stereocenters. The van der Waals surface area contributed by atoms with Crippen LogP contribution in [-0.2, 0) is 9.59 Å². The van der Waals surface area contributed by atoms with Crippen LogP contribution in [0, 0.1) is 5.92 Å². The molecular weight excluding hydrogens is 408 g/mol. The van der Waals surface area contributed by atoms with Crippen LogP contribution in [0.1, 0.15) is 61.6 Å². The van der Waals surface area contributed by atoms with Gasteiger partial charge in [0.1, 0.15) is 11.0 Å².